The van der Waals surface area contributed by atoms with Gasteiger partial charge in [-0.1, -0.05) is 35.0 Å². The number of benzene rings is 2. The van der Waals surface area contributed by atoms with Gasteiger partial charge in [-0.25, -0.2) is 17.6 Å². The summed E-state index contributed by atoms with van der Waals surface area (Å²) >= 11 is 3.35. The molecule has 2 amide bonds. The van der Waals surface area contributed by atoms with E-state index in [1.165, 1.54) is 33.5 Å². The van der Waals surface area contributed by atoms with E-state index in [0.717, 1.165) is 0 Å². The number of aliphatic hydroxyl groups excluding tert-OH is 1. The van der Waals surface area contributed by atoms with E-state index in [0.29, 0.717) is 4.47 Å². The Morgan fingerprint density at radius 1 is 1.36 bits per heavy atom. The van der Waals surface area contributed by atoms with E-state index in [2.05, 4.69) is 21.2 Å². The van der Waals surface area contributed by atoms with Crippen molar-refractivity contribution in [1.82, 2.24) is 9.21 Å². The number of halogens is 2. The van der Waals surface area contributed by atoms with Crippen LogP contribution in [0.1, 0.15) is 13.8 Å². The SMILES string of the molecule is C[C@H](CO)N1C[C@H](C)[C@@H](CN(C)C(=O)Nc2ccccc2F)Oc2cc(Br)ccc2S1(=O)=O. The van der Waals surface area contributed by atoms with Gasteiger partial charge in [-0.3, -0.25) is 0 Å². The minimum atomic E-state index is -3.92. The van der Waals surface area contributed by atoms with E-state index in [4.69, 9.17) is 4.74 Å². The lowest BCUT2D eigenvalue weighted by Crippen LogP contribution is -2.50. The maximum Gasteiger partial charge on any atom is 0.321 e. The maximum absolute atomic E-state index is 13.9. The van der Waals surface area contributed by atoms with Crippen LogP contribution in [0, 0.1) is 11.7 Å². The van der Waals surface area contributed by atoms with Crippen molar-refractivity contribution in [1.29, 1.82) is 0 Å². The van der Waals surface area contributed by atoms with Crippen LogP contribution < -0.4 is 10.1 Å². The van der Waals surface area contributed by atoms with Crippen LogP contribution in [0.3, 0.4) is 0 Å². The molecular weight excluding hydrogens is 517 g/mol. The lowest BCUT2D eigenvalue weighted by atomic mass is 10.0. The fraction of sp³-hybridized carbons (Fsp3) is 0.409. The summed E-state index contributed by atoms with van der Waals surface area (Å²) in [6, 6.07) is 9.31. The van der Waals surface area contributed by atoms with Crippen molar-refractivity contribution in [3.63, 3.8) is 0 Å². The summed E-state index contributed by atoms with van der Waals surface area (Å²) in [5.74, 6) is -0.726. The first-order valence-corrected chi connectivity index (χ1v) is 12.6. The Hall–Kier alpha value is -2.21. The van der Waals surface area contributed by atoms with Crippen molar-refractivity contribution in [3.05, 3.63) is 52.8 Å². The summed E-state index contributed by atoms with van der Waals surface area (Å²) in [5, 5.41) is 12.2. The zero-order chi connectivity index (χ0) is 24.3. The molecule has 0 aromatic heterocycles. The number of urea groups is 1. The quantitative estimate of drug-likeness (QED) is 0.601. The molecule has 2 aromatic carbocycles. The third-order valence-corrected chi connectivity index (χ3v) is 8.06. The Morgan fingerprint density at radius 3 is 2.73 bits per heavy atom. The van der Waals surface area contributed by atoms with Gasteiger partial charge in [0.25, 0.3) is 0 Å². The molecule has 0 spiro atoms. The van der Waals surface area contributed by atoms with E-state index in [-0.39, 0.29) is 41.9 Å². The van der Waals surface area contributed by atoms with Crippen LogP contribution in [0.5, 0.6) is 5.75 Å². The van der Waals surface area contributed by atoms with Crippen molar-refractivity contribution in [3.8, 4) is 5.75 Å². The van der Waals surface area contributed by atoms with Gasteiger partial charge >= 0.3 is 6.03 Å². The second-order valence-electron chi connectivity index (χ2n) is 8.12. The number of para-hydroxylation sites is 1. The van der Waals surface area contributed by atoms with Gasteiger partial charge in [0.15, 0.2) is 0 Å². The zero-order valence-electron chi connectivity index (χ0n) is 18.5. The van der Waals surface area contributed by atoms with Crippen molar-refractivity contribution in [2.45, 2.75) is 30.9 Å². The van der Waals surface area contributed by atoms with E-state index in [9.17, 15) is 22.7 Å². The highest BCUT2D eigenvalue weighted by Gasteiger charge is 2.38. The van der Waals surface area contributed by atoms with Gasteiger partial charge in [-0.15, -0.1) is 0 Å². The molecule has 0 saturated carbocycles. The largest absolute Gasteiger partial charge is 0.487 e. The van der Waals surface area contributed by atoms with Gasteiger partial charge < -0.3 is 20.1 Å². The molecule has 1 aliphatic rings. The average Bonchev–Trinajstić information content (AvgIpc) is 2.76. The normalized spacial score (nSPS) is 21.2. The van der Waals surface area contributed by atoms with Crippen LogP contribution in [0.4, 0.5) is 14.9 Å². The molecule has 8 nitrogen and oxygen atoms in total. The average molecular weight is 544 g/mol. The fourth-order valence-corrected chi connectivity index (χ4v) is 5.71. The molecule has 0 fully saturated rings. The molecular formula is C22H27BrFN3O5S. The molecule has 3 atom stereocenters. The van der Waals surface area contributed by atoms with Crippen molar-refractivity contribution >= 4 is 37.7 Å². The standard InChI is InChI=1S/C22H27BrFN3O5S/c1-14-11-27(15(2)13-28)33(30,31)21-9-8-16(23)10-19(21)32-20(14)12-26(3)22(29)25-18-7-5-4-6-17(18)24/h4-10,14-15,20,28H,11-13H2,1-3H3,(H,25,29)/t14-,15+,20+/m0/s1. The summed E-state index contributed by atoms with van der Waals surface area (Å²) < 4.78 is 48.6. The molecule has 33 heavy (non-hydrogen) atoms. The first-order chi connectivity index (χ1) is 15.5. The number of amides is 2. The molecule has 11 heteroatoms. The van der Waals surface area contributed by atoms with E-state index < -0.39 is 34.0 Å². The number of anilines is 1. The molecule has 3 rings (SSSR count). The molecule has 2 aromatic rings. The molecule has 0 bridgehead atoms. The summed E-state index contributed by atoms with van der Waals surface area (Å²) in [4.78, 5) is 14.0. The number of rotatable bonds is 5. The number of likely N-dealkylation sites (N-methyl/N-ethyl adjacent to an activating group) is 1. The lowest BCUT2D eigenvalue weighted by molar-refractivity contribution is 0.0829. The number of carbonyl (C=O) groups excluding carboxylic acids is 1. The number of aliphatic hydroxyl groups is 1. The third-order valence-electron chi connectivity index (χ3n) is 5.55. The molecule has 0 saturated heterocycles. The zero-order valence-corrected chi connectivity index (χ0v) is 20.9. The van der Waals surface area contributed by atoms with Gasteiger partial charge in [0.2, 0.25) is 10.0 Å². The number of carbonyl (C=O) groups is 1. The summed E-state index contributed by atoms with van der Waals surface area (Å²) in [6.07, 6.45) is -0.571. The van der Waals surface area contributed by atoms with Gasteiger partial charge in [0, 0.05) is 30.0 Å². The highest BCUT2D eigenvalue weighted by Crippen LogP contribution is 2.35. The van der Waals surface area contributed by atoms with E-state index in [1.807, 2.05) is 6.92 Å². The minimum absolute atomic E-state index is 0.0126. The number of hydrogen-bond donors (Lipinski definition) is 2. The smallest absolute Gasteiger partial charge is 0.321 e. The van der Waals surface area contributed by atoms with Crippen LogP contribution in [-0.2, 0) is 10.0 Å². The summed E-state index contributed by atoms with van der Waals surface area (Å²) in [7, 11) is -2.37. The van der Waals surface area contributed by atoms with Crippen molar-refractivity contribution < 1.29 is 27.4 Å². The molecule has 2 N–H and O–H groups in total. The van der Waals surface area contributed by atoms with Gasteiger partial charge in [0.05, 0.1) is 18.8 Å². The van der Waals surface area contributed by atoms with Crippen LogP contribution >= 0.6 is 15.9 Å². The predicted molar refractivity (Wildman–Crippen MR) is 126 cm³/mol. The topological polar surface area (TPSA) is 99.2 Å². The molecule has 180 valence electrons. The predicted octanol–water partition coefficient (Wildman–Crippen LogP) is 3.52. The minimum Gasteiger partial charge on any atom is -0.487 e. The van der Waals surface area contributed by atoms with Gasteiger partial charge in [0.1, 0.15) is 22.6 Å². The fourth-order valence-electron chi connectivity index (χ4n) is 3.54. The molecule has 0 radical (unpaired) electrons. The monoisotopic (exact) mass is 543 g/mol. The highest BCUT2D eigenvalue weighted by atomic mass is 79.9. The van der Waals surface area contributed by atoms with Crippen LogP contribution in [0.25, 0.3) is 0 Å². The maximum atomic E-state index is 13.9. The number of fused-ring (bicyclic) bond motifs is 1. The van der Waals surface area contributed by atoms with Crippen LogP contribution in [-0.4, -0.2) is 67.7 Å². The highest BCUT2D eigenvalue weighted by molar-refractivity contribution is 9.10. The summed E-state index contributed by atoms with van der Waals surface area (Å²) in [5.41, 5.74) is 0.0595. The van der Waals surface area contributed by atoms with Crippen molar-refractivity contribution in [2.75, 3.05) is 32.1 Å². The summed E-state index contributed by atoms with van der Waals surface area (Å²) in [6.45, 7) is 3.33. The third kappa shape index (κ3) is 5.65. The first-order valence-electron chi connectivity index (χ1n) is 10.4. The van der Waals surface area contributed by atoms with E-state index >= 15 is 0 Å². The Balaban J connectivity index is 1.89. The number of nitrogens with zero attached hydrogens (tertiary/aromatic N) is 2. The lowest BCUT2D eigenvalue weighted by Gasteiger charge is -2.37. The first kappa shape index (κ1) is 25.4. The number of nitrogens with one attached hydrogen (secondary N) is 1. The molecule has 1 heterocycles. The Bertz CT molecular complexity index is 1120. The van der Waals surface area contributed by atoms with E-state index in [1.54, 1.807) is 32.2 Å². The van der Waals surface area contributed by atoms with Gasteiger partial charge in [-0.05, 0) is 37.3 Å². The Labute approximate surface area is 201 Å². The molecule has 0 unspecified atom stereocenters. The Morgan fingerprint density at radius 2 is 2.06 bits per heavy atom. The molecule has 0 aliphatic carbocycles. The van der Waals surface area contributed by atoms with Crippen LogP contribution in [0.15, 0.2) is 51.8 Å². The van der Waals surface area contributed by atoms with Gasteiger partial charge in [-0.2, -0.15) is 4.31 Å². The molecule has 1 aliphatic heterocycles. The van der Waals surface area contributed by atoms with Crippen LogP contribution in [0.2, 0.25) is 0 Å². The number of sulfonamides is 1. The second-order valence-corrected chi connectivity index (χ2v) is 10.9. The second kappa shape index (κ2) is 10.4. The van der Waals surface area contributed by atoms with Crippen molar-refractivity contribution in [2.24, 2.45) is 5.92 Å². The number of hydrogen-bond acceptors (Lipinski definition) is 5. The number of ether oxygens (including phenoxy) is 1. The Kier molecular flexibility index (Phi) is 7.99.